The molecule has 22 heavy (non-hydrogen) atoms. The number of ether oxygens (including phenoxy) is 3. The standard InChI is InChI=1S/C14H25N3O5/c1-9-12(16-17-15)10(2)22-14(13(9)19)21-8-6-4-5-7-11(18)20-3/h9-10,12-14,19H,4-8H2,1-3H3/t9-,10?,12-,13?,14-/m0/s1. The summed E-state index contributed by atoms with van der Waals surface area (Å²) >= 11 is 0. The van der Waals surface area contributed by atoms with Crippen LogP contribution in [-0.4, -0.2) is 49.3 Å². The fraction of sp³-hybridized carbons (Fsp3) is 0.929. The third-order valence-electron chi connectivity index (χ3n) is 3.91. The predicted octanol–water partition coefficient (Wildman–Crippen LogP) is 2.16. The molecule has 0 aromatic rings. The Balaban J connectivity index is 2.29. The molecule has 0 aliphatic carbocycles. The van der Waals surface area contributed by atoms with Crippen LogP contribution in [0.2, 0.25) is 0 Å². The van der Waals surface area contributed by atoms with Crippen LogP contribution in [0.4, 0.5) is 0 Å². The summed E-state index contributed by atoms with van der Waals surface area (Å²) in [6.45, 7) is 4.05. The lowest BCUT2D eigenvalue weighted by Crippen LogP contribution is -2.52. The summed E-state index contributed by atoms with van der Waals surface area (Å²) < 4.78 is 15.7. The molecule has 1 aliphatic rings. The van der Waals surface area contributed by atoms with Gasteiger partial charge in [-0.25, -0.2) is 0 Å². The van der Waals surface area contributed by atoms with Crippen molar-refractivity contribution in [2.45, 2.75) is 64.1 Å². The van der Waals surface area contributed by atoms with Crippen molar-refractivity contribution in [1.29, 1.82) is 0 Å². The highest BCUT2D eigenvalue weighted by atomic mass is 16.7. The fourth-order valence-electron chi connectivity index (χ4n) is 2.50. The topological polar surface area (TPSA) is 114 Å². The summed E-state index contributed by atoms with van der Waals surface area (Å²) in [5, 5.41) is 13.8. The predicted molar refractivity (Wildman–Crippen MR) is 78.9 cm³/mol. The average molecular weight is 315 g/mol. The molecule has 1 heterocycles. The molecule has 2 unspecified atom stereocenters. The molecule has 8 heteroatoms. The van der Waals surface area contributed by atoms with Crippen molar-refractivity contribution in [3.8, 4) is 0 Å². The number of hydrogen-bond donors (Lipinski definition) is 1. The molecule has 0 saturated carbocycles. The van der Waals surface area contributed by atoms with Crippen LogP contribution in [0.1, 0.15) is 39.5 Å². The van der Waals surface area contributed by atoms with Gasteiger partial charge >= 0.3 is 5.97 Å². The van der Waals surface area contributed by atoms with Crippen LogP contribution < -0.4 is 0 Å². The van der Waals surface area contributed by atoms with Crippen LogP contribution in [0.3, 0.4) is 0 Å². The van der Waals surface area contributed by atoms with Crippen LogP contribution in [0.5, 0.6) is 0 Å². The molecule has 126 valence electrons. The van der Waals surface area contributed by atoms with Gasteiger partial charge in [-0.2, -0.15) is 0 Å². The van der Waals surface area contributed by atoms with E-state index < -0.39 is 18.4 Å². The SMILES string of the molecule is COC(=O)CCCCCO[C@H]1OC(C)[C@@H](N=[N+]=[N-])[C@H](C)C1O. The summed E-state index contributed by atoms with van der Waals surface area (Å²) in [4.78, 5) is 13.7. The van der Waals surface area contributed by atoms with Gasteiger partial charge < -0.3 is 19.3 Å². The Hall–Kier alpha value is -1.34. The van der Waals surface area contributed by atoms with Gasteiger partial charge in [-0.15, -0.1) is 0 Å². The number of hydrogen-bond acceptors (Lipinski definition) is 6. The second-order valence-electron chi connectivity index (χ2n) is 5.51. The van der Waals surface area contributed by atoms with Crippen molar-refractivity contribution in [3.05, 3.63) is 10.4 Å². The molecule has 5 atom stereocenters. The molecule has 1 fully saturated rings. The number of methoxy groups -OCH3 is 1. The molecule has 1 saturated heterocycles. The van der Waals surface area contributed by atoms with Crippen LogP contribution >= 0.6 is 0 Å². The zero-order chi connectivity index (χ0) is 16.5. The summed E-state index contributed by atoms with van der Waals surface area (Å²) in [6, 6.07) is -0.403. The molecule has 0 bridgehead atoms. The summed E-state index contributed by atoms with van der Waals surface area (Å²) in [6.07, 6.45) is 0.906. The molecule has 1 aliphatic heterocycles. The van der Waals surface area contributed by atoms with Crippen molar-refractivity contribution in [3.63, 3.8) is 0 Å². The minimum absolute atomic E-state index is 0.210. The van der Waals surface area contributed by atoms with Gasteiger partial charge in [0.1, 0.15) is 6.10 Å². The van der Waals surface area contributed by atoms with Gasteiger partial charge in [-0.3, -0.25) is 4.79 Å². The summed E-state index contributed by atoms with van der Waals surface area (Å²) in [7, 11) is 1.37. The Bertz CT molecular complexity index is 400. The highest BCUT2D eigenvalue weighted by molar-refractivity contribution is 5.68. The first-order valence-electron chi connectivity index (χ1n) is 7.57. The van der Waals surface area contributed by atoms with Crippen molar-refractivity contribution in [1.82, 2.24) is 0 Å². The third kappa shape index (κ3) is 5.46. The van der Waals surface area contributed by atoms with Crippen LogP contribution in [-0.2, 0) is 19.0 Å². The first-order chi connectivity index (χ1) is 10.5. The quantitative estimate of drug-likeness (QED) is 0.242. The van der Waals surface area contributed by atoms with Crippen molar-refractivity contribution in [2.24, 2.45) is 11.0 Å². The van der Waals surface area contributed by atoms with Crippen LogP contribution in [0, 0.1) is 5.92 Å². The van der Waals surface area contributed by atoms with Gasteiger partial charge in [0.2, 0.25) is 0 Å². The smallest absolute Gasteiger partial charge is 0.305 e. The van der Waals surface area contributed by atoms with Crippen molar-refractivity contribution < 1.29 is 24.1 Å². The van der Waals surface area contributed by atoms with E-state index in [2.05, 4.69) is 14.8 Å². The highest BCUT2D eigenvalue weighted by Gasteiger charge is 2.41. The van der Waals surface area contributed by atoms with Crippen LogP contribution in [0.15, 0.2) is 5.11 Å². The maximum atomic E-state index is 11.0. The Kier molecular flexibility index (Phi) is 8.19. The zero-order valence-electron chi connectivity index (χ0n) is 13.3. The maximum absolute atomic E-state index is 11.0. The third-order valence-corrected chi connectivity index (χ3v) is 3.91. The number of nitrogens with zero attached hydrogens (tertiary/aromatic N) is 3. The Labute approximate surface area is 130 Å². The number of azide groups is 1. The molecule has 0 aromatic heterocycles. The monoisotopic (exact) mass is 315 g/mol. The molecule has 0 radical (unpaired) electrons. The first-order valence-corrected chi connectivity index (χ1v) is 7.57. The van der Waals surface area contributed by atoms with Crippen molar-refractivity contribution in [2.75, 3.05) is 13.7 Å². The zero-order valence-corrected chi connectivity index (χ0v) is 13.3. The normalized spacial score (nSPS) is 31.4. The fourth-order valence-corrected chi connectivity index (χ4v) is 2.50. The number of aliphatic hydroxyl groups excluding tert-OH is 1. The number of unbranched alkanes of at least 4 members (excludes halogenated alkanes) is 2. The summed E-state index contributed by atoms with van der Waals surface area (Å²) in [5.74, 6) is -0.442. The van der Waals surface area contributed by atoms with E-state index in [0.29, 0.717) is 13.0 Å². The van der Waals surface area contributed by atoms with E-state index in [1.165, 1.54) is 7.11 Å². The Morgan fingerprint density at radius 1 is 1.36 bits per heavy atom. The number of carbonyl (C=O) groups excluding carboxylic acids is 1. The minimum atomic E-state index is -0.832. The van der Waals surface area contributed by atoms with Crippen LogP contribution in [0.25, 0.3) is 10.4 Å². The minimum Gasteiger partial charge on any atom is -0.469 e. The van der Waals surface area contributed by atoms with Gasteiger partial charge in [0.05, 0.1) is 19.3 Å². The summed E-state index contributed by atoms with van der Waals surface area (Å²) in [5.41, 5.74) is 8.54. The van der Waals surface area contributed by atoms with Gasteiger partial charge in [0, 0.05) is 17.9 Å². The van der Waals surface area contributed by atoms with E-state index in [1.54, 1.807) is 6.92 Å². The molecule has 0 spiro atoms. The van der Waals surface area contributed by atoms with E-state index in [1.807, 2.05) is 6.92 Å². The Morgan fingerprint density at radius 3 is 2.73 bits per heavy atom. The number of esters is 1. The average Bonchev–Trinajstić information content (AvgIpc) is 2.51. The molecular weight excluding hydrogens is 290 g/mol. The van der Waals surface area contributed by atoms with Gasteiger partial charge in [-0.1, -0.05) is 18.5 Å². The molecule has 8 nitrogen and oxygen atoms in total. The molecular formula is C14H25N3O5. The van der Waals surface area contributed by atoms with E-state index in [4.69, 9.17) is 15.0 Å². The molecule has 0 aromatic carbocycles. The number of carbonyl (C=O) groups is 1. The van der Waals surface area contributed by atoms with E-state index >= 15 is 0 Å². The maximum Gasteiger partial charge on any atom is 0.305 e. The second-order valence-corrected chi connectivity index (χ2v) is 5.51. The van der Waals surface area contributed by atoms with Gasteiger partial charge in [-0.05, 0) is 31.2 Å². The molecule has 1 N–H and O–H groups in total. The lowest BCUT2D eigenvalue weighted by molar-refractivity contribution is -0.256. The lowest BCUT2D eigenvalue weighted by atomic mass is 9.89. The second kappa shape index (κ2) is 9.63. The largest absolute Gasteiger partial charge is 0.469 e. The van der Waals surface area contributed by atoms with E-state index in [0.717, 1.165) is 19.3 Å². The Morgan fingerprint density at radius 2 is 2.09 bits per heavy atom. The number of rotatable bonds is 8. The highest BCUT2D eigenvalue weighted by Crippen LogP contribution is 2.29. The molecule has 1 rings (SSSR count). The van der Waals surface area contributed by atoms with E-state index in [-0.39, 0.29) is 18.0 Å². The van der Waals surface area contributed by atoms with E-state index in [9.17, 15) is 9.90 Å². The van der Waals surface area contributed by atoms with Crippen molar-refractivity contribution >= 4 is 5.97 Å². The molecule has 0 amide bonds. The number of aliphatic hydroxyl groups is 1. The van der Waals surface area contributed by atoms with Gasteiger partial charge in [0.15, 0.2) is 6.29 Å². The first kappa shape index (κ1) is 18.7. The lowest BCUT2D eigenvalue weighted by Gasteiger charge is -2.40. The van der Waals surface area contributed by atoms with Gasteiger partial charge in [0.25, 0.3) is 0 Å².